The number of carbonyl (C=O) groups is 1. The van der Waals surface area contributed by atoms with Crippen LogP contribution < -0.4 is 4.74 Å². The van der Waals surface area contributed by atoms with Crippen molar-refractivity contribution in [1.29, 1.82) is 0 Å². The van der Waals surface area contributed by atoms with Crippen molar-refractivity contribution in [2.45, 2.75) is 64.1 Å². The van der Waals surface area contributed by atoms with Crippen LogP contribution in [-0.4, -0.2) is 48.0 Å². The maximum absolute atomic E-state index is 12.8. The summed E-state index contributed by atoms with van der Waals surface area (Å²) in [6.07, 6.45) is 6.60. The average molecular weight is 407 g/mol. The molecule has 2 aromatic rings. The molecule has 3 saturated heterocycles. The third-order valence-corrected chi connectivity index (χ3v) is 7.76. The van der Waals surface area contributed by atoms with E-state index in [1.54, 1.807) is 7.11 Å². The second-order valence-electron chi connectivity index (χ2n) is 9.53. The molecular formula is C26H34N2O2. The normalized spacial score (nSPS) is 29.1. The van der Waals surface area contributed by atoms with E-state index in [1.165, 1.54) is 29.2 Å². The fourth-order valence-electron chi connectivity index (χ4n) is 6.56. The first-order chi connectivity index (χ1) is 14.7. The Labute approximate surface area is 180 Å². The molecule has 30 heavy (non-hydrogen) atoms. The van der Waals surface area contributed by atoms with Crippen LogP contribution in [0.25, 0.3) is 10.8 Å². The van der Waals surface area contributed by atoms with Gasteiger partial charge in [-0.05, 0) is 54.4 Å². The second kappa shape index (κ2) is 8.22. The Kier molecular flexibility index (Phi) is 5.44. The van der Waals surface area contributed by atoms with Crippen LogP contribution in [0.5, 0.6) is 5.75 Å². The van der Waals surface area contributed by atoms with Crippen molar-refractivity contribution >= 4 is 16.7 Å². The summed E-state index contributed by atoms with van der Waals surface area (Å²) in [5, 5.41) is 2.57. The van der Waals surface area contributed by atoms with Gasteiger partial charge < -0.3 is 9.64 Å². The van der Waals surface area contributed by atoms with Gasteiger partial charge in [-0.1, -0.05) is 43.7 Å². The summed E-state index contributed by atoms with van der Waals surface area (Å²) in [6, 6.07) is 13.8. The molecule has 5 rings (SSSR count). The molecule has 2 aromatic carbocycles. The van der Waals surface area contributed by atoms with Gasteiger partial charge >= 0.3 is 0 Å². The minimum Gasteiger partial charge on any atom is -0.496 e. The van der Waals surface area contributed by atoms with Gasteiger partial charge in [-0.2, -0.15) is 0 Å². The standard InChI is InChI=1S/C26H34N2O2/c1-3-7-23-19-14-20(24-10-6-11-26(29)28(23)24)16-27(15-19)17-22-21-9-5-4-8-18(21)12-13-25(22)30-2/h4-5,8-9,12-13,19-20,23-24H,3,6-7,10-11,14-17H2,1-2H3/t19-,20+,23-,24-/m0/s1. The fourth-order valence-corrected chi connectivity index (χ4v) is 6.56. The summed E-state index contributed by atoms with van der Waals surface area (Å²) in [6.45, 7) is 5.37. The lowest BCUT2D eigenvalue weighted by Gasteiger charge is -2.57. The van der Waals surface area contributed by atoms with E-state index in [0.29, 0.717) is 29.8 Å². The molecule has 0 N–H and O–H groups in total. The zero-order valence-electron chi connectivity index (χ0n) is 18.3. The summed E-state index contributed by atoms with van der Waals surface area (Å²) in [5.41, 5.74) is 1.30. The highest BCUT2D eigenvalue weighted by Gasteiger charge is 2.48. The number of benzene rings is 2. The van der Waals surface area contributed by atoms with Gasteiger partial charge in [0.15, 0.2) is 0 Å². The molecule has 4 heteroatoms. The molecule has 3 heterocycles. The van der Waals surface area contributed by atoms with Crippen LogP contribution in [0, 0.1) is 11.8 Å². The molecule has 4 nitrogen and oxygen atoms in total. The highest BCUT2D eigenvalue weighted by atomic mass is 16.5. The van der Waals surface area contributed by atoms with Crippen molar-refractivity contribution in [2.24, 2.45) is 11.8 Å². The summed E-state index contributed by atoms with van der Waals surface area (Å²) in [5.74, 6) is 2.62. The van der Waals surface area contributed by atoms with E-state index in [-0.39, 0.29) is 0 Å². The molecule has 0 spiro atoms. The number of hydrogen-bond donors (Lipinski definition) is 0. The van der Waals surface area contributed by atoms with Gasteiger partial charge in [-0.25, -0.2) is 0 Å². The number of carbonyl (C=O) groups excluding carboxylic acids is 1. The molecular weight excluding hydrogens is 372 g/mol. The maximum Gasteiger partial charge on any atom is 0.223 e. The van der Waals surface area contributed by atoms with Gasteiger partial charge in [-0.3, -0.25) is 9.69 Å². The van der Waals surface area contributed by atoms with Crippen LogP contribution in [0.3, 0.4) is 0 Å². The van der Waals surface area contributed by atoms with Crippen molar-refractivity contribution in [3.05, 3.63) is 42.0 Å². The molecule has 3 aliphatic heterocycles. The Morgan fingerprint density at radius 3 is 2.77 bits per heavy atom. The highest BCUT2D eigenvalue weighted by Crippen LogP contribution is 2.43. The lowest BCUT2D eigenvalue weighted by Crippen LogP contribution is -2.64. The number of rotatable bonds is 5. The SMILES string of the molecule is CCC[C@H]1[C@H]2C[C@H](CN(Cc3c(OC)ccc4ccccc34)C2)[C@@H]2CCCC(=O)N21. The summed E-state index contributed by atoms with van der Waals surface area (Å²) >= 11 is 0. The molecule has 160 valence electrons. The molecule has 0 unspecified atom stereocenters. The first-order valence-corrected chi connectivity index (χ1v) is 11.8. The monoisotopic (exact) mass is 406 g/mol. The smallest absolute Gasteiger partial charge is 0.223 e. The fraction of sp³-hybridized carbons (Fsp3) is 0.577. The van der Waals surface area contributed by atoms with E-state index in [0.717, 1.165) is 51.1 Å². The Balaban J connectivity index is 1.45. The zero-order valence-corrected chi connectivity index (χ0v) is 18.3. The molecule has 1 amide bonds. The summed E-state index contributed by atoms with van der Waals surface area (Å²) in [4.78, 5) is 17.8. The number of hydrogen-bond acceptors (Lipinski definition) is 3. The average Bonchev–Trinajstić information content (AvgIpc) is 2.77. The van der Waals surface area contributed by atoms with Crippen LogP contribution in [0.2, 0.25) is 0 Å². The first-order valence-electron chi connectivity index (χ1n) is 11.8. The lowest BCUT2D eigenvalue weighted by molar-refractivity contribution is -0.153. The van der Waals surface area contributed by atoms with Gasteiger partial charge in [0.2, 0.25) is 5.91 Å². The molecule has 0 saturated carbocycles. The Bertz CT molecular complexity index is 926. The van der Waals surface area contributed by atoms with Gasteiger partial charge in [0, 0.05) is 43.7 Å². The van der Waals surface area contributed by atoms with Crippen LogP contribution in [-0.2, 0) is 11.3 Å². The molecule has 0 aromatic heterocycles. The third-order valence-electron chi connectivity index (χ3n) is 7.76. The number of piperidine rings is 3. The van der Waals surface area contributed by atoms with E-state index >= 15 is 0 Å². The summed E-state index contributed by atoms with van der Waals surface area (Å²) < 4.78 is 5.77. The largest absolute Gasteiger partial charge is 0.496 e. The number of likely N-dealkylation sites (tertiary alicyclic amines) is 1. The van der Waals surface area contributed by atoms with Crippen molar-refractivity contribution in [1.82, 2.24) is 9.80 Å². The highest BCUT2D eigenvalue weighted by molar-refractivity contribution is 5.87. The number of amides is 1. The lowest BCUT2D eigenvalue weighted by atomic mass is 9.71. The minimum absolute atomic E-state index is 0.420. The Hall–Kier alpha value is -2.07. The van der Waals surface area contributed by atoms with Crippen LogP contribution in [0.1, 0.15) is 51.0 Å². The van der Waals surface area contributed by atoms with Crippen LogP contribution in [0.15, 0.2) is 36.4 Å². The molecule has 3 aliphatic rings. The van der Waals surface area contributed by atoms with Crippen LogP contribution in [0.4, 0.5) is 0 Å². The topological polar surface area (TPSA) is 32.8 Å². The van der Waals surface area contributed by atoms with E-state index < -0.39 is 0 Å². The predicted octanol–water partition coefficient (Wildman–Crippen LogP) is 4.85. The molecule has 0 radical (unpaired) electrons. The van der Waals surface area contributed by atoms with E-state index in [4.69, 9.17) is 4.74 Å². The van der Waals surface area contributed by atoms with Gasteiger partial charge in [0.05, 0.1) is 7.11 Å². The van der Waals surface area contributed by atoms with Gasteiger partial charge in [0.1, 0.15) is 5.75 Å². The molecule has 2 bridgehead atoms. The van der Waals surface area contributed by atoms with E-state index in [2.05, 4.69) is 53.1 Å². The molecule has 0 aliphatic carbocycles. The quantitative estimate of drug-likeness (QED) is 0.712. The number of fused-ring (bicyclic) bond motifs is 5. The third kappa shape index (κ3) is 3.39. The van der Waals surface area contributed by atoms with Crippen molar-refractivity contribution in [3.63, 3.8) is 0 Å². The first kappa shape index (κ1) is 19.9. The van der Waals surface area contributed by atoms with Gasteiger partial charge in [0.25, 0.3) is 0 Å². The molecule has 4 atom stereocenters. The number of methoxy groups -OCH3 is 1. The Morgan fingerprint density at radius 2 is 1.93 bits per heavy atom. The zero-order chi connectivity index (χ0) is 20.7. The van der Waals surface area contributed by atoms with E-state index in [1.807, 2.05) is 0 Å². The molecule has 3 fully saturated rings. The van der Waals surface area contributed by atoms with Crippen molar-refractivity contribution in [3.8, 4) is 5.75 Å². The maximum atomic E-state index is 12.8. The van der Waals surface area contributed by atoms with Gasteiger partial charge in [-0.15, -0.1) is 0 Å². The minimum atomic E-state index is 0.420. The number of nitrogens with zero attached hydrogens (tertiary/aromatic N) is 2. The number of ether oxygens (including phenoxy) is 1. The van der Waals surface area contributed by atoms with Crippen molar-refractivity contribution < 1.29 is 9.53 Å². The van der Waals surface area contributed by atoms with E-state index in [9.17, 15) is 4.79 Å². The van der Waals surface area contributed by atoms with Crippen LogP contribution >= 0.6 is 0 Å². The Morgan fingerprint density at radius 1 is 1.10 bits per heavy atom. The van der Waals surface area contributed by atoms with Crippen molar-refractivity contribution in [2.75, 3.05) is 20.2 Å². The second-order valence-corrected chi connectivity index (χ2v) is 9.53. The summed E-state index contributed by atoms with van der Waals surface area (Å²) in [7, 11) is 1.78. The predicted molar refractivity (Wildman–Crippen MR) is 121 cm³/mol.